The Morgan fingerprint density at radius 3 is 2.41 bits per heavy atom. The molecule has 3 nitrogen and oxygen atoms in total. The molecule has 2 rings (SSSR count). The van der Waals surface area contributed by atoms with Crippen LogP contribution in [0.1, 0.15) is 18.4 Å². The molecule has 1 aliphatic heterocycles. The second kappa shape index (κ2) is 5.35. The standard InChI is InChI=1S/C13H16INO2/c14-11-3-1-10(2-4-11)9-13(12(16)17)5-7-15-8-6-13/h1-4,15H,5-9H2,(H,16,17). The van der Waals surface area contributed by atoms with Crippen LogP contribution in [-0.2, 0) is 11.2 Å². The summed E-state index contributed by atoms with van der Waals surface area (Å²) >= 11 is 2.26. The van der Waals surface area contributed by atoms with Gasteiger partial charge in [-0.05, 0) is 72.6 Å². The quantitative estimate of drug-likeness (QED) is 0.827. The van der Waals surface area contributed by atoms with Crippen molar-refractivity contribution in [3.05, 3.63) is 33.4 Å². The van der Waals surface area contributed by atoms with Crippen molar-refractivity contribution in [2.75, 3.05) is 13.1 Å². The number of nitrogens with one attached hydrogen (secondary N) is 1. The van der Waals surface area contributed by atoms with Crippen molar-refractivity contribution in [1.29, 1.82) is 0 Å². The number of carboxylic acid groups (broad SMARTS) is 1. The largest absolute Gasteiger partial charge is 0.481 e. The third-order valence-corrected chi connectivity index (χ3v) is 4.19. The average molecular weight is 345 g/mol. The Balaban J connectivity index is 2.17. The molecule has 17 heavy (non-hydrogen) atoms. The topological polar surface area (TPSA) is 49.3 Å². The normalized spacial score (nSPS) is 18.9. The molecule has 0 amide bonds. The van der Waals surface area contributed by atoms with Crippen LogP contribution >= 0.6 is 22.6 Å². The molecule has 4 heteroatoms. The van der Waals surface area contributed by atoms with Gasteiger partial charge >= 0.3 is 5.97 Å². The van der Waals surface area contributed by atoms with Crippen molar-refractivity contribution in [2.45, 2.75) is 19.3 Å². The van der Waals surface area contributed by atoms with Crippen LogP contribution in [0, 0.1) is 8.99 Å². The fraction of sp³-hybridized carbons (Fsp3) is 0.462. The summed E-state index contributed by atoms with van der Waals surface area (Å²) in [6.45, 7) is 1.60. The Morgan fingerprint density at radius 1 is 1.29 bits per heavy atom. The third-order valence-electron chi connectivity index (χ3n) is 3.47. The molecule has 0 aliphatic carbocycles. The molecule has 1 fully saturated rings. The molecule has 1 aromatic carbocycles. The predicted octanol–water partition coefficient (Wildman–Crippen LogP) is 2.29. The van der Waals surface area contributed by atoms with Crippen LogP contribution in [-0.4, -0.2) is 24.2 Å². The van der Waals surface area contributed by atoms with Crippen LogP contribution in [0.5, 0.6) is 0 Å². The lowest BCUT2D eigenvalue weighted by Crippen LogP contribution is -2.43. The molecule has 0 bridgehead atoms. The Hall–Kier alpha value is -0.620. The van der Waals surface area contributed by atoms with Gasteiger partial charge in [-0.25, -0.2) is 0 Å². The van der Waals surface area contributed by atoms with Crippen molar-refractivity contribution in [2.24, 2.45) is 5.41 Å². The minimum absolute atomic E-state index is 0.571. The Morgan fingerprint density at radius 2 is 1.88 bits per heavy atom. The van der Waals surface area contributed by atoms with E-state index in [0.717, 1.165) is 18.7 Å². The number of rotatable bonds is 3. The first kappa shape index (κ1) is 12.8. The van der Waals surface area contributed by atoms with E-state index in [0.29, 0.717) is 19.3 Å². The highest BCUT2D eigenvalue weighted by atomic mass is 127. The van der Waals surface area contributed by atoms with Gasteiger partial charge < -0.3 is 10.4 Å². The van der Waals surface area contributed by atoms with Gasteiger partial charge in [0.15, 0.2) is 0 Å². The molecule has 0 radical (unpaired) electrons. The summed E-state index contributed by atoms with van der Waals surface area (Å²) in [7, 11) is 0. The first-order chi connectivity index (χ1) is 8.12. The zero-order chi connectivity index (χ0) is 12.3. The molecular weight excluding hydrogens is 329 g/mol. The molecule has 0 aromatic heterocycles. The maximum absolute atomic E-state index is 11.5. The van der Waals surface area contributed by atoms with Crippen molar-refractivity contribution >= 4 is 28.6 Å². The van der Waals surface area contributed by atoms with Crippen molar-refractivity contribution in [3.63, 3.8) is 0 Å². The Bertz CT molecular complexity index is 396. The second-order valence-corrected chi connectivity index (χ2v) is 5.88. The molecule has 0 unspecified atom stereocenters. The zero-order valence-electron chi connectivity index (χ0n) is 9.58. The SMILES string of the molecule is O=C(O)C1(Cc2ccc(I)cc2)CCNCC1. The van der Waals surface area contributed by atoms with Crippen molar-refractivity contribution < 1.29 is 9.90 Å². The van der Waals surface area contributed by atoms with Gasteiger partial charge in [-0.15, -0.1) is 0 Å². The summed E-state index contributed by atoms with van der Waals surface area (Å²) in [5.41, 5.74) is 0.549. The van der Waals surface area contributed by atoms with Crippen LogP contribution in [0.2, 0.25) is 0 Å². The number of benzene rings is 1. The van der Waals surface area contributed by atoms with Gasteiger partial charge in [-0.1, -0.05) is 12.1 Å². The molecule has 1 aliphatic rings. The number of aliphatic carboxylic acids is 1. The number of halogens is 1. The Kier molecular flexibility index (Phi) is 4.04. The molecule has 1 aromatic rings. The number of carbonyl (C=O) groups is 1. The van der Waals surface area contributed by atoms with Crippen LogP contribution in [0.15, 0.2) is 24.3 Å². The molecular formula is C13H16INO2. The molecule has 0 atom stereocenters. The monoisotopic (exact) mass is 345 g/mol. The molecule has 1 heterocycles. The van der Waals surface area contributed by atoms with Gasteiger partial charge in [0.2, 0.25) is 0 Å². The lowest BCUT2D eigenvalue weighted by atomic mass is 9.74. The summed E-state index contributed by atoms with van der Waals surface area (Å²) in [6, 6.07) is 8.14. The van der Waals surface area contributed by atoms with Crippen molar-refractivity contribution in [1.82, 2.24) is 5.32 Å². The van der Waals surface area contributed by atoms with Gasteiger partial charge in [0.05, 0.1) is 5.41 Å². The molecule has 92 valence electrons. The molecule has 0 saturated carbocycles. The number of piperidine rings is 1. The van der Waals surface area contributed by atoms with E-state index in [1.807, 2.05) is 24.3 Å². The van der Waals surface area contributed by atoms with E-state index in [9.17, 15) is 9.90 Å². The van der Waals surface area contributed by atoms with Crippen LogP contribution in [0.25, 0.3) is 0 Å². The van der Waals surface area contributed by atoms with Gasteiger partial charge in [0.25, 0.3) is 0 Å². The molecule has 0 spiro atoms. The van der Waals surface area contributed by atoms with Crippen LogP contribution < -0.4 is 5.32 Å². The van der Waals surface area contributed by atoms with E-state index in [-0.39, 0.29) is 0 Å². The lowest BCUT2D eigenvalue weighted by molar-refractivity contribution is -0.150. The molecule has 1 saturated heterocycles. The zero-order valence-corrected chi connectivity index (χ0v) is 11.7. The summed E-state index contributed by atoms with van der Waals surface area (Å²) in [4.78, 5) is 11.5. The van der Waals surface area contributed by atoms with E-state index in [1.165, 1.54) is 3.57 Å². The maximum atomic E-state index is 11.5. The van der Waals surface area contributed by atoms with Gasteiger partial charge in [0.1, 0.15) is 0 Å². The Labute approximate surface area is 115 Å². The summed E-state index contributed by atoms with van der Waals surface area (Å²) in [5, 5.41) is 12.7. The predicted molar refractivity (Wildman–Crippen MR) is 75.0 cm³/mol. The minimum atomic E-state index is -0.655. The van der Waals surface area contributed by atoms with Crippen molar-refractivity contribution in [3.8, 4) is 0 Å². The number of hydrogen-bond donors (Lipinski definition) is 2. The smallest absolute Gasteiger partial charge is 0.310 e. The minimum Gasteiger partial charge on any atom is -0.481 e. The fourth-order valence-electron chi connectivity index (χ4n) is 2.36. The summed E-state index contributed by atoms with van der Waals surface area (Å²) in [6.07, 6.45) is 2.07. The number of carboxylic acids is 1. The van der Waals surface area contributed by atoms with E-state index in [1.54, 1.807) is 0 Å². The maximum Gasteiger partial charge on any atom is 0.310 e. The number of hydrogen-bond acceptors (Lipinski definition) is 2. The molecule has 2 N–H and O–H groups in total. The van der Waals surface area contributed by atoms with E-state index < -0.39 is 11.4 Å². The van der Waals surface area contributed by atoms with Crippen LogP contribution in [0.4, 0.5) is 0 Å². The highest BCUT2D eigenvalue weighted by molar-refractivity contribution is 14.1. The third kappa shape index (κ3) is 2.98. The van der Waals surface area contributed by atoms with Crippen LogP contribution in [0.3, 0.4) is 0 Å². The lowest BCUT2D eigenvalue weighted by Gasteiger charge is -2.33. The van der Waals surface area contributed by atoms with E-state index in [2.05, 4.69) is 27.9 Å². The fourth-order valence-corrected chi connectivity index (χ4v) is 2.72. The van der Waals surface area contributed by atoms with E-state index in [4.69, 9.17) is 0 Å². The highest BCUT2D eigenvalue weighted by Gasteiger charge is 2.39. The van der Waals surface area contributed by atoms with Gasteiger partial charge in [0, 0.05) is 3.57 Å². The summed E-state index contributed by atoms with van der Waals surface area (Å²) in [5.74, 6) is -0.655. The van der Waals surface area contributed by atoms with E-state index >= 15 is 0 Å². The van der Waals surface area contributed by atoms with Gasteiger partial charge in [-0.3, -0.25) is 4.79 Å². The first-order valence-corrected chi connectivity index (χ1v) is 6.89. The highest BCUT2D eigenvalue weighted by Crippen LogP contribution is 2.33. The van der Waals surface area contributed by atoms with Gasteiger partial charge in [-0.2, -0.15) is 0 Å². The summed E-state index contributed by atoms with van der Waals surface area (Å²) < 4.78 is 1.18. The first-order valence-electron chi connectivity index (χ1n) is 5.81. The average Bonchev–Trinajstić information content (AvgIpc) is 2.33. The second-order valence-electron chi connectivity index (χ2n) is 4.64.